The van der Waals surface area contributed by atoms with Gasteiger partial charge in [0.05, 0.1) is 23.5 Å². The first-order valence-electron chi connectivity index (χ1n) is 6.62. The second kappa shape index (κ2) is 5.17. The van der Waals surface area contributed by atoms with E-state index >= 15 is 0 Å². The summed E-state index contributed by atoms with van der Waals surface area (Å²) in [5.41, 5.74) is 7.91. The van der Waals surface area contributed by atoms with E-state index < -0.39 is 0 Å². The van der Waals surface area contributed by atoms with Crippen LogP contribution in [-0.2, 0) is 0 Å². The first-order valence-corrected chi connectivity index (χ1v) is 6.62. The van der Waals surface area contributed by atoms with Gasteiger partial charge >= 0.3 is 0 Å². The van der Waals surface area contributed by atoms with E-state index in [1.165, 1.54) is 0 Å². The van der Waals surface area contributed by atoms with E-state index in [4.69, 9.17) is 5.73 Å². The maximum Gasteiger partial charge on any atom is 0.147 e. The van der Waals surface area contributed by atoms with Crippen LogP contribution in [-0.4, -0.2) is 16.5 Å². The van der Waals surface area contributed by atoms with Crippen molar-refractivity contribution in [3.05, 3.63) is 47.9 Å². The smallest absolute Gasteiger partial charge is 0.147 e. The Balaban J connectivity index is 1.99. The van der Waals surface area contributed by atoms with Gasteiger partial charge in [0.1, 0.15) is 11.9 Å². The lowest BCUT2D eigenvalue weighted by atomic mass is 10.1. The zero-order valence-corrected chi connectivity index (χ0v) is 11.0. The number of hydrogen-bond donors (Lipinski definition) is 1. The molecule has 1 saturated heterocycles. The Hall–Kier alpha value is -2.61. The Bertz CT molecular complexity index is 647. The molecule has 1 fully saturated rings. The Labute approximate surface area is 117 Å². The van der Waals surface area contributed by atoms with E-state index in [-0.39, 0.29) is 6.04 Å². The summed E-state index contributed by atoms with van der Waals surface area (Å²) in [4.78, 5) is 10.7. The van der Waals surface area contributed by atoms with Crippen molar-refractivity contribution < 1.29 is 0 Å². The van der Waals surface area contributed by atoms with Gasteiger partial charge in [0, 0.05) is 18.9 Å². The molecule has 1 aliphatic rings. The fourth-order valence-corrected chi connectivity index (χ4v) is 2.72. The van der Waals surface area contributed by atoms with E-state index in [9.17, 15) is 5.26 Å². The molecule has 0 bridgehead atoms. The highest BCUT2D eigenvalue weighted by atomic mass is 15.2. The highest BCUT2D eigenvalue weighted by Crippen LogP contribution is 2.36. The molecule has 100 valence electrons. The molecule has 0 amide bonds. The Morgan fingerprint density at radius 3 is 3.05 bits per heavy atom. The van der Waals surface area contributed by atoms with Gasteiger partial charge in [0.2, 0.25) is 0 Å². The fraction of sp³-hybridized carbons (Fsp3) is 0.267. The first-order chi connectivity index (χ1) is 9.79. The first kappa shape index (κ1) is 12.4. The zero-order chi connectivity index (χ0) is 13.9. The molecule has 0 aromatic carbocycles. The number of pyridine rings is 2. The molecule has 2 aromatic heterocycles. The summed E-state index contributed by atoms with van der Waals surface area (Å²) in [6, 6.07) is 8.10. The van der Waals surface area contributed by atoms with Gasteiger partial charge in [-0.2, -0.15) is 5.26 Å². The number of hydrogen-bond acceptors (Lipinski definition) is 5. The van der Waals surface area contributed by atoms with Crippen molar-refractivity contribution in [2.75, 3.05) is 17.2 Å². The summed E-state index contributed by atoms with van der Waals surface area (Å²) >= 11 is 0. The molecule has 5 heteroatoms. The number of aromatic nitrogens is 2. The topological polar surface area (TPSA) is 78.8 Å². The van der Waals surface area contributed by atoms with E-state index in [1.54, 1.807) is 18.5 Å². The largest absolute Gasteiger partial charge is 0.397 e. The van der Waals surface area contributed by atoms with Gasteiger partial charge in [-0.1, -0.05) is 6.07 Å². The molecule has 0 radical (unpaired) electrons. The monoisotopic (exact) mass is 265 g/mol. The maximum atomic E-state index is 9.28. The van der Waals surface area contributed by atoms with Gasteiger partial charge in [0.25, 0.3) is 0 Å². The van der Waals surface area contributed by atoms with Gasteiger partial charge in [-0.3, -0.25) is 4.98 Å². The lowest BCUT2D eigenvalue weighted by molar-refractivity contribution is 0.707. The van der Waals surface area contributed by atoms with Gasteiger partial charge in [-0.15, -0.1) is 0 Å². The van der Waals surface area contributed by atoms with Crippen LogP contribution >= 0.6 is 0 Å². The molecule has 5 nitrogen and oxygen atoms in total. The number of nitrogen functional groups attached to an aromatic ring is 1. The van der Waals surface area contributed by atoms with Gasteiger partial charge in [-0.05, 0) is 30.5 Å². The minimum Gasteiger partial charge on any atom is -0.397 e. The van der Waals surface area contributed by atoms with Gasteiger partial charge < -0.3 is 10.6 Å². The third-order valence-corrected chi connectivity index (χ3v) is 3.60. The van der Waals surface area contributed by atoms with Crippen molar-refractivity contribution in [1.29, 1.82) is 5.26 Å². The lowest BCUT2D eigenvalue weighted by Gasteiger charge is -2.26. The molecule has 1 unspecified atom stereocenters. The van der Waals surface area contributed by atoms with Gasteiger partial charge in [-0.25, -0.2) is 4.98 Å². The van der Waals surface area contributed by atoms with Crippen molar-refractivity contribution in [2.45, 2.75) is 18.9 Å². The number of nitriles is 1. The standard InChI is InChI=1S/C15H15N5/c16-8-12-7-13(17)10-19-15(12)20-6-2-4-14(20)11-3-1-5-18-9-11/h1,3,5,7,9-10,14H,2,4,6,17H2. The van der Waals surface area contributed by atoms with Gasteiger partial charge in [0.15, 0.2) is 0 Å². The molecule has 20 heavy (non-hydrogen) atoms. The average molecular weight is 265 g/mol. The van der Waals surface area contributed by atoms with E-state index in [0.717, 1.165) is 24.9 Å². The van der Waals surface area contributed by atoms with Crippen molar-refractivity contribution in [2.24, 2.45) is 0 Å². The Morgan fingerprint density at radius 2 is 2.30 bits per heavy atom. The minimum atomic E-state index is 0.229. The number of rotatable bonds is 2. The van der Waals surface area contributed by atoms with Crippen molar-refractivity contribution in [1.82, 2.24) is 9.97 Å². The van der Waals surface area contributed by atoms with Crippen molar-refractivity contribution in [3.63, 3.8) is 0 Å². The summed E-state index contributed by atoms with van der Waals surface area (Å²) in [7, 11) is 0. The molecule has 2 aromatic rings. The van der Waals surface area contributed by atoms with Crippen LogP contribution in [0.25, 0.3) is 0 Å². The summed E-state index contributed by atoms with van der Waals surface area (Å²) in [5, 5.41) is 9.28. The number of nitrogens with two attached hydrogens (primary N) is 1. The molecule has 0 saturated carbocycles. The van der Waals surface area contributed by atoms with Crippen molar-refractivity contribution in [3.8, 4) is 6.07 Å². The van der Waals surface area contributed by atoms with Crippen LogP contribution in [0, 0.1) is 11.3 Å². The molecule has 1 aliphatic heterocycles. The number of anilines is 2. The third-order valence-electron chi connectivity index (χ3n) is 3.60. The summed E-state index contributed by atoms with van der Waals surface area (Å²) in [5.74, 6) is 0.716. The molecule has 3 heterocycles. The van der Waals surface area contributed by atoms with E-state index in [0.29, 0.717) is 17.1 Å². The van der Waals surface area contributed by atoms with Crippen LogP contribution in [0.3, 0.4) is 0 Å². The molecule has 1 atom stereocenters. The zero-order valence-electron chi connectivity index (χ0n) is 11.0. The van der Waals surface area contributed by atoms with Crippen LogP contribution < -0.4 is 10.6 Å². The van der Waals surface area contributed by atoms with Crippen LogP contribution in [0.15, 0.2) is 36.8 Å². The predicted octanol–water partition coefficient (Wildman–Crippen LogP) is 2.27. The number of nitrogens with zero attached hydrogens (tertiary/aromatic N) is 4. The maximum absolute atomic E-state index is 9.28. The fourth-order valence-electron chi connectivity index (χ4n) is 2.72. The minimum absolute atomic E-state index is 0.229. The predicted molar refractivity (Wildman–Crippen MR) is 76.9 cm³/mol. The SMILES string of the molecule is N#Cc1cc(N)cnc1N1CCCC1c1cccnc1. The highest BCUT2D eigenvalue weighted by molar-refractivity contribution is 5.60. The Kier molecular flexibility index (Phi) is 3.21. The summed E-state index contributed by atoms with van der Waals surface area (Å²) < 4.78 is 0. The Morgan fingerprint density at radius 1 is 1.40 bits per heavy atom. The highest BCUT2D eigenvalue weighted by Gasteiger charge is 2.28. The van der Waals surface area contributed by atoms with Crippen LogP contribution in [0.1, 0.15) is 30.0 Å². The summed E-state index contributed by atoms with van der Waals surface area (Å²) in [6.45, 7) is 0.894. The van der Waals surface area contributed by atoms with Crippen LogP contribution in [0.5, 0.6) is 0 Å². The second-order valence-electron chi connectivity index (χ2n) is 4.89. The van der Waals surface area contributed by atoms with E-state index in [2.05, 4.69) is 27.0 Å². The second-order valence-corrected chi connectivity index (χ2v) is 4.89. The quantitative estimate of drug-likeness (QED) is 0.901. The van der Waals surface area contributed by atoms with Crippen molar-refractivity contribution >= 4 is 11.5 Å². The normalized spacial score (nSPS) is 17.9. The summed E-state index contributed by atoms with van der Waals surface area (Å²) in [6.07, 6.45) is 7.38. The molecular formula is C15H15N5. The third kappa shape index (κ3) is 2.16. The molecular weight excluding hydrogens is 250 g/mol. The van der Waals surface area contributed by atoms with Crippen LogP contribution in [0.2, 0.25) is 0 Å². The van der Waals surface area contributed by atoms with E-state index in [1.807, 2.05) is 12.3 Å². The lowest BCUT2D eigenvalue weighted by Crippen LogP contribution is -2.24. The molecule has 0 aliphatic carbocycles. The molecule has 2 N–H and O–H groups in total. The molecule has 3 rings (SSSR count). The molecule has 0 spiro atoms. The average Bonchev–Trinajstić information content (AvgIpc) is 2.97. The van der Waals surface area contributed by atoms with Crippen LogP contribution in [0.4, 0.5) is 11.5 Å².